The van der Waals surface area contributed by atoms with Crippen LogP contribution in [-0.2, 0) is 26.7 Å². The van der Waals surface area contributed by atoms with E-state index in [2.05, 4.69) is 4.72 Å². The molecule has 0 aromatic heterocycles. The van der Waals surface area contributed by atoms with Gasteiger partial charge >= 0.3 is 0 Å². The van der Waals surface area contributed by atoms with Crippen molar-refractivity contribution in [3.63, 3.8) is 0 Å². The average Bonchev–Trinajstić information content (AvgIpc) is 2.44. The monoisotopic (exact) mass is 423 g/mol. The Kier molecular flexibility index (Phi) is 6.71. The average molecular weight is 424 g/mol. The SMILES string of the molecule is CC(C)(C)[S+]([O-])N[C@](C)(CS(=O)(=O)C(C)(C)N)c1cc([N+](=O)[O-])ccc1F. The van der Waals surface area contributed by atoms with Gasteiger partial charge in [-0.3, -0.25) is 10.1 Å². The van der Waals surface area contributed by atoms with E-state index in [0.717, 1.165) is 18.2 Å². The molecule has 1 aromatic rings. The standard InChI is InChI=1S/C16H26FN3O5S2/c1-14(2,3)26(23)19-16(6,10-27(24,25)15(4,5)18)12-9-11(20(21)22)7-8-13(12)17/h7-9,19H,10,18H2,1-6H3/t16-,26?/m1/s1. The van der Waals surface area contributed by atoms with Crippen molar-refractivity contribution in [2.24, 2.45) is 5.73 Å². The molecule has 0 spiro atoms. The Morgan fingerprint density at radius 1 is 1.22 bits per heavy atom. The molecule has 0 aliphatic carbocycles. The predicted octanol–water partition coefficient (Wildman–Crippen LogP) is 2.11. The fourth-order valence-electron chi connectivity index (χ4n) is 2.14. The second kappa shape index (κ2) is 7.63. The number of nitrogens with one attached hydrogen (secondary N) is 1. The number of benzene rings is 1. The maximum Gasteiger partial charge on any atom is 0.269 e. The summed E-state index contributed by atoms with van der Waals surface area (Å²) in [6, 6.07) is 2.80. The minimum Gasteiger partial charge on any atom is -0.598 e. The minimum atomic E-state index is -4.00. The normalized spacial score (nSPS) is 16.6. The first-order chi connectivity index (χ1) is 11.9. The third-order valence-electron chi connectivity index (χ3n) is 3.91. The Hall–Kier alpha value is -1.27. The molecule has 0 amide bonds. The molecule has 8 nitrogen and oxygen atoms in total. The van der Waals surface area contributed by atoms with Crippen LogP contribution in [-0.4, -0.2) is 33.3 Å². The second-order valence-electron chi connectivity index (χ2n) is 8.10. The highest BCUT2D eigenvalue weighted by Crippen LogP contribution is 2.33. The van der Waals surface area contributed by atoms with Crippen molar-refractivity contribution in [3.8, 4) is 0 Å². The summed E-state index contributed by atoms with van der Waals surface area (Å²) in [5, 5.41) is 11.1. The smallest absolute Gasteiger partial charge is 0.269 e. The molecule has 0 saturated heterocycles. The molecular formula is C16H26FN3O5S2. The zero-order valence-corrected chi connectivity index (χ0v) is 17.8. The van der Waals surface area contributed by atoms with Crippen LogP contribution in [0.5, 0.6) is 0 Å². The molecule has 2 atom stereocenters. The number of non-ortho nitro benzene ring substituents is 1. The molecule has 0 saturated carbocycles. The number of nitro benzene ring substituents is 1. The van der Waals surface area contributed by atoms with Gasteiger partial charge in [-0.25, -0.2) is 12.8 Å². The lowest BCUT2D eigenvalue weighted by Crippen LogP contribution is -2.56. The first kappa shape index (κ1) is 23.8. The van der Waals surface area contributed by atoms with Crippen LogP contribution < -0.4 is 10.5 Å². The summed E-state index contributed by atoms with van der Waals surface area (Å²) in [4.78, 5) is 8.72. The molecule has 0 bridgehead atoms. The van der Waals surface area contributed by atoms with Crippen molar-refractivity contribution in [3.05, 3.63) is 39.7 Å². The van der Waals surface area contributed by atoms with Crippen LogP contribution >= 0.6 is 0 Å². The first-order valence-corrected chi connectivity index (χ1v) is 10.9. The van der Waals surface area contributed by atoms with Gasteiger partial charge in [0.25, 0.3) is 5.69 Å². The first-order valence-electron chi connectivity index (χ1n) is 8.06. The molecule has 0 fully saturated rings. The van der Waals surface area contributed by atoms with Gasteiger partial charge in [-0.05, 0) is 47.6 Å². The third-order valence-corrected chi connectivity index (χ3v) is 8.22. The van der Waals surface area contributed by atoms with Crippen LogP contribution in [0.3, 0.4) is 0 Å². The zero-order chi connectivity index (χ0) is 21.4. The van der Waals surface area contributed by atoms with E-state index in [9.17, 15) is 27.5 Å². The Bertz CT molecular complexity index is 818. The Balaban J connectivity index is 3.60. The van der Waals surface area contributed by atoms with E-state index in [1.165, 1.54) is 20.8 Å². The van der Waals surface area contributed by atoms with Crippen molar-refractivity contribution in [2.75, 3.05) is 5.75 Å². The molecule has 1 rings (SSSR count). The summed E-state index contributed by atoms with van der Waals surface area (Å²) < 4.78 is 54.4. The molecule has 1 aromatic carbocycles. The molecule has 0 aliphatic heterocycles. The number of nitro groups is 1. The van der Waals surface area contributed by atoms with Crippen molar-refractivity contribution in [1.82, 2.24) is 4.72 Å². The molecule has 0 aliphatic rings. The van der Waals surface area contributed by atoms with E-state index in [1.54, 1.807) is 20.8 Å². The van der Waals surface area contributed by atoms with Crippen molar-refractivity contribution < 1.29 is 22.3 Å². The number of hydrogen-bond acceptors (Lipinski definition) is 7. The van der Waals surface area contributed by atoms with Gasteiger partial charge in [-0.15, -0.1) is 4.72 Å². The zero-order valence-electron chi connectivity index (χ0n) is 16.2. The molecule has 0 radical (unpaired) electrons. The van der Waals surface area contributed by atoms with E-state index < -0.39 is 58.5 Å². The number of rotatable bonds is 7. The van der Waals surface area contributed by atoms with Crippen LogP contribution in [0, 0.1) is 15.9 Å². The summed E-state index contributed by atoms with van der Waals surface area (Å²) in [5.41, 5.74) is 3.33. The second-order valence-corrected chi connectivity index (χ2v) is 12.6. The number of sulfone groups is 1. The summed E-state index contributed by atoms with van der Waals surface area (Å²) in [6.07, 6.45) is 0. The van der Waals surface area contributed by atoms with Gasteiger partial charge in [-0.2, -0.15) is 0 Å². The Morgan fingerprint density at radius 2 is 1.74 bits per heavy atom. The molecule has 3 N–H and O–H groups in total. The van der Waals surface area contributed by atoms with E-state index in [4.69, 9.17) is 5.73 Å². The molecule has 1 unspecified atom stereocenters. The van der Waals surface area contributed by atoms with Gasteiger partial charge in [0, 0.05) is 29.1 Å². The Labute approximate surface area is 162 Å². The highest BCUT2D eigenvalue weighted by atomic mass is 32.2. The molecule has 11 heteroatoms. The summed E-state index contributed by atoms with van der Waals surface area (Å²) in [5.74, 6) is -1.56. The Morgan fingerprint density at radius 3 is 2.15 bits per heavy atom. The highest BCUT2D eigenvalue weighted by Gasteiger charge is 2.45. The van der Waals surface area contributed by atoms with Crippen LogP contribution in [0.2, 0.25) is 0 Å². The molecule has 154 valence electrons. The maximum atomic E-state index is 14.6. The van der Waals surface area contributed by atoms with Crippen LogP contribution in [0.4, 0.5) is 10.1 Å². The van der Waals surface area contributed by atoms with Gasteiger partial charge in [0.05, 0.1) is 10.7 Å². The van der Waals surface area contributed by atoms with E-state index in [-0.39, 0.29) is 5.56 Å². The van der Waals surface area contributed by atoms with E-state index in [0.29, 0.717) is 0 Å². The highest BCUT2D eigenvalue weighted by molar-refractivity contribution is 7.93. The van der Waals surface area contributed by atoms with Crippen LogP contribution in [0.1, 0.15) is 47.1 Å². The minimum absolute atomic E-state index is 0.276. The fraction of sp³-hybridized carbons (Fsp3) is 0.625. The maximum absolute atomic E-state index is 14.6. The van der Waals surface area contributed by atoms with Crippen LogP contribution in [0.15, 0.2) is 18.2 Å². The van der Waals surface area contributed by atoms with Gasteiger partial charge in [0.2, 0.25) is 0 Å². The third kappa shape index (κ3) is 5.61. The summed E-state index contributed by atoms with van der Waals surface area (Å²) in [6.45, 7) is 8.87. The van der Waals surface area contributed by atoms with Gasteiger partial charge < -0.3 is 10.3 Å². The lowest BCUT2D eigenvalue weighted by Gasteiger charge is -2.36. The molecule has 27 heavy (non-hydrogen) atoms. The number of nitrogens with two attached hydrogens (primary N) is 1. The van der Waals surface area contributed by atoms with Crippen molar-refractivity contribution in [2.45, 2.75) is 56.7 Å². The topological polar surface area (TPSA) is 138 Å². The number of nitrogens with zero attached hydrogens (tertiary/aromatic N) is 1. The molecular weight excluding hydrogens is 397 g/mol. The number of hydrogen-bond donors (Lipinski definition) is 2. The number of halogens is 1. The van der Waals surface area contributed by atoms with Crippen LogP contribution in [0.25, 0.3) is 0 Å². The van der Waals surface area contributed by atoms with Crippen molar-refractivity contribution in [1.29, 1.82) is 0 Å². The van der Waals surface area contributed by atoms with Gasteiger partial charge in [0.1, 0.15) is 21.0 Å². The predicted molar refractivity (Wildman–Crippen MR) is 103 cm³/mol. The fourth-order valence-corrected chi connectivity index (χ4v) is 4.48. The lowest BCUT2D eigenvalue weighted by molar-refractivity contribution is -0.385. The lowest BCUT2D eigenvalue weighted by atomic mass is 9.94. The van der Waals surface area contributed by atoms with Gasteiger partial charge in [-0.1, -0.05) is 0 Å². The summed E-state index contributed by atoms with van der Waals surface area (Å²) >= 11 is -1.79. The quantitative estimate of drug-likeness (QED) is 0.389. The van der Waals surface area contributed by atoms with Crippen molar-refractivity contribution >= 4 is 26.9 Å². The largest absolute Gasteiger partial charge is 0.598 e. The van der Waals surface area contributed by atoms with E-state index >= 15 is 0 Å². The molecule has 0 heterocycles. The van der Waals surface area contributed by atoms with Gasteiger partial charge in [0.15, 0.2) is 9.84 Å². The summed E-state index contributed by atoms with van der Waals surface area (Å²) in [7, 11) is -4.00. The van der Waals surface area contributed by atoms with E-state index in [1.807, 2.05) is 0 Å².